The number of ether oxygens (including phenoxy) is 3. The highest BCUT2D eigenvalue weighted by molar-refractivity contribution is 6.32. The van der Waals surface area contributed by atoms with E-state index in [0.717, 1.165) is 16.7 Å². The molecular formula is C30H29ClN2O5. The Hall–Kier alpha value is -4.28. The standard InChI is InChI=1S/C30H29ClN2O5/c1-5-36-27-16-21(15-26(31)28(27)38-18-22-12-19(3)11-20(4)13-22)14-24(17-32)29(34)33-25-9-7-23(8-10-25)30(35)37-6-2/h7-16H,5-6,18H2,1-4H3,(H,33,34)/b24-14+. The summed E-state index contributed by atoms with van der Waals surface area (Å²) in [7, 11) is 0. The molecule has 0 atom stereocenters. The fraction of sp³-hybridized carbons (Fsp3) is 0.233. The zero-order valence-corrected chi connectivity index (χ0v) is 22.5. The van der Waals surface area contributed by atoms with Crippen LogP contribution in [0.15, 0.2) is 60.2 Å². The van der Waals surface area contributed by atoms with Gasteiger partial charge in [0, 0.05) is 5.69 Å². The number of rotatable bonds is 10. The summed E-state index contributed by atoms with van der Waals surface area (Å²) in [6.07, 6.45) is 1.42. The van der Waals surface area contributed by atoms with Crippen molar-refractivity contribution in [2.45, 2.75) is 34.3 Å². The van der Waals surface area contributed by atoms with E-state index in [4.69, 9.17) is 25.8 Å². The lowest BCUT2D eigenvalue weighted by Crippen LogP contribution is -2.13. The lowest BCUT2D eigenvalue weighted by atomic mass is 10.1. The Labute approximate surface area is 227 Å². The quantitative estimate of drug-likeness (QED) is 0.178. The van der Waals surface area contributed by atoms with E-state index in [9.17, 15) is 14.9 Å². The Bertz CT molecular complexity index is 1370. The van der Waals surface area contributed by atoms with Crippen LogP contribution in [0.25, 0.3) is 6.08 Å². The third-order valence-corrected chi connectivity index (χ3v) is 5.61. The molecule has 7 nitrogen and oxygen atoms in total. The molecule has 0 saturated heterocycles. The molecule has 0 aromatic heterocycles. The van der Waals surface area contributed by atoms with Gasteiger partial charge >= 0.3 is 5.97 Å². The average molecular weight is 533 g/mol. The molecule has 0 bridgehead atoms. The van der Waals surface area contributed by atoms with Crippen molar-refractivity contribution in [2.75, 3.05) is 18.5 Å². The maximum absolute atomic E-state index is 12.8. The minimum absolute atomic E-state index is 0.137. The van der Waals surface area contributed by atoms with Crippen LogP contribution in [0.2, 0.25) is 5.02 Å². The molecule has 0 heterocycles. The second-order valence-electron chi connectivity index (χ2n) is 8.47. The first-order valence-corrected chi connectivity index (χ1v) is 12.5. The van der Waals surface area contributed by atoms with Crippen molar-refractivity contribution in [3.05, 3.63) is 93.0 Å². The second kappa shape index (κ2) is 13.3. The lowest BCUT2D eigenvalue weighted by molar-refractivity contribution is -0.112. The summed E-state index contributed by atoms with van der Waals surface area (Å²) in [5.41, 5.74) is 4.42. The molecule has 0 aliphatic heterocycles. The summed E-state index contributed by atoms with van der Waals surface area (Å²) in [6.45, 7) is 8.55. The Balaban J connectivity index is 1.80. The van der Waals surface area contributed by atoms with Gasteiger partial charge in [-0.1, -0.05) is 40.9 Å². The van der Waals surface area contributed by atoms with Crippen LogP contribution >= 0.6 is 11.6 Å². The molecule has 196 valence electrons. The first kappa shape index (κ1) is 28.3. The maximum Gasteiger partial charge on any atom is 0.338 e. The summed E-state index contributed by atoms with van der Waals surface area (Å²) < 4.78 is 16.7. The van der Waals surface area contributed by atoms with Gasteiger partial charge in [0.1, 0.15) is 18.2 Å². The van der Waals surface area contributed by atoms with E-state index in [2.05, 4.69) is 11.4 Å². The minimum atomic E-state index is -0.611. The fourth-order valence-corrected chi connectivity index (χ4v) is 4.07. The van der Waals surface area contributed by atoms with Gasteiger partial charge in [-0.3, -0.25) is 4.79 Å². The molecule has 3 aromatic carbocycles. The number of esters is 1. The van der Waals surface area contributed by atoms with E-state index in [1.165, 1.54) is 18.2 Å². The van der Waals surface area contributed by atoms with Crippen LogP contribution in [0.5, 0.6) is 11.5 Å². The number of nitrogens with zero attached hydrogens (tertiary/aromatic N) is 1. The van der Waals surface area contributed by atoms with E-state index in [0.29, 0.717) is 46.5 Å². The number of amides is 1. The molecule has 0 saturated carbocycles. The number of hydrogen-bond acceptors (Lipinski definition) is 6. The van der Waals surface area contributed by atoms with Crippen LogP contribution in [0, 0.1) is 25.2 Å². The topological polar surface area (TPSA) is 97.7 Å². The van der Waals surface area contributed by atoms with Crippen molar-refractivity contribution in [3.8, 4) is 17.6 Å². The van der Waals surface area contributed by atoms with Crippen molar-refractivity contribution in [3.63, 3.8) is 0 Å². The number of halogens is 1. The average Bonchev–Trinajstić information content (AvgIpc) is 2.87. The molecule has 0 fully saturated rings. The van der Waals surface area contributed by atoms with Gasteiger partial charge in [-0.05, 0) is 81.3 Å². The van der Waals surface area contributed by atoms with Crippen molar-refractivity contribution >= 4 is 35.2 Å². The number of anilines is 1. The van der Waals surface area contributed by atoms with E-state index in [-0.39, 0.29) is 12.2 Å². The van der Waals surface area contributed by atoms with Gasteiger partial charge in [-0.15, -0.1) is 0 Å². The van der Waals surface area contributed by atoms with E-state index < -0.39 is 11.9 Å². The third kappa shape index (κ3) is 7.61. The number of benzene rings is 3. The predicted octanol–water partition coefficient (Wildman–Crippen LogP) is 6.66. The first-order valence-electron chi connectivity index (χ1n) is 12.1. The lowest BCUT2D eigenvalue weighted by Gasteiger charge is -2.15. The number of carbonyl (C=O) groups excluding carboxylic acids is 2. The summed E-state index contributed by atoms with van der Waals surface area (Å²) in [4.78, 5) is 24.6. The van der Waals surface area contributed by atoms with Gasteiger partial charge in [0.15, 0.2) is 11.5 Å². The van der Waals surface area contributed by atoms with Crippen LogP contribution in [0.3, 0.4) is 0 Å². The minimum Gasteiger partial charge on any atom is -0.490 e. The van der Waals surface area contributed by atoms with Crippen molar-refractivity contribution < 1.29 is 23.8 Å². The largest absolute Gasteiger partial charge is 0.490 e. The van der Waals surface area contributed by atoms with E-state index in [1.807, 2.05) is 39.0 Å². The number of aryl methyl sites for hydroxylation is 2. The normalized spacial score (nSPS) is 10.9. The smallest absolute Gasteiger partial charge is 0.338 e. The molecular weight excluding hydrogens is 504 g/mol. The van der Waals surface area contributed by atoms with E-state index >= 15 is 0 Å². The Morgan fingerprint density at radius 2 is 1.66 bits per heavy atom. The molecule has 38 heavy (non-hydrogen) atoms. The summed E-state index contributed by atoms with van der Waals surface area (Å²) >= 11 is 6.54. The van der Waals surface area contributed by atoms with Crippen molar-refractivity contribution in [1.29, 1.82) is 5.26 Å². The maximum atomic E-state index is 12.8. The second-order valence-corrected chi connectivity index (χ2v) is 8.88. The third-order valence-electron chi connectivity index (χ3n) is 5.33. The Kier molecular flexibility index (Phi) is 9.92. The summed E-state index contributed by atoms with van der Waals surface area (Å²) in [6, 6.07) is 17.6. The molecule has 0 aliphatic carbocycles. The molecule has 1 amide bonds. The van der Waals surface area contributed by atoms with Gasteiger partial charge in [0.2, 0.25) is 0 Å². The number of carbonyl (C=O) groups is 2. The molecule has 1 N–H and O–H groups in total. The Morgan fingerprint density at radius 3 is 2.26 bits per heavy atom. The summed E-state index contributed by atoms with van der Waals surface area (Å²) in [5.74, 6) is -0.274. The highest BCUT2D eigenvalue weighted by atomic mass is 35.5. The van der Waals surface area contributed by atoms with Gasteiger partial charge in [-0.25, -0.2) is 4.79 Å². The predicted molar refractivity (Wildman–Crippen MR) is 147 cm³/mol. The van der Waals surface area contributed by atoms with Gasteiger partial charge < -0.3 is 19.5 Å². The zero-order chi connectivity index (χ0) is 27.7. The summed E-state index contributed by atoms with van der Waals surface area (Å²) in [5, 5.41) is 12.6. The first-order chi connectivity index (χ1) is 18.2. The highest BCUT2D eigenvalue weighted by Gasteiger charge is 2.16. The zero-order valence-electron chi connectivity index (χ0n) is 21.8. The van der Waals surface area contributed by atoms with Gasteiger partial charge in [-0.2, -0.15) is 5.26 Å². The molecule has 0 unspecified atom stereocenters. The molecule has 8 heteroatoms. The highest BCUT2D eigenvalue weighted by Crippen LogP contribution is 2.38. The molecule has 3 rings (SSSR count). The SMILES string of the molecule is CCOC(=O)c1ccc(NC(=O)/C(C#N)=C/c2cc(Cl)c(OCc3cc(C)cc(C)c3)c(OCC)c2)cc1. The monoisotopic (exact) mass is 532 g/mol. The molecule has 0 spiro atoms. The Morgan fingerprint density at radius 1 is 0.974 bits per heavy atom. The van der Waals surface area contributed by atoms with Crippen LogP contribution in [0.4, 0.5) is 5.69 Å². The van der Waals surface area contributed by atoms with Crippen LogP contribution in [-0.4, -0.2) is 25.1 Å². The fourth-order valence-electron chi connectivity index (χ4n) is 3.80. The van der Waals surface area contributed by atoms with Crippen molar-refractivity contribution in [2.24, 2.45) is 0 Å². The molecule has 3 aromatic rings. The van der Waals surface area contributed by atoms with Crippen LogP contribution in [-0.2, 0) is 16.1 Å². The number of nitrogens with one attached hydrogen (secondary N) is 1. The van der Waals surface area contributed by atoms with E-state index in [1.54, 1.807) is 31.2 Å². The number of nitriles is 1. The van der Waals surface area contributed by atoms with Gasteiger partial charge in [0.25, 0.3) is 5.91 Å². The van der Waals surface area contributed by atoms with Crippen LogP contribution in [0.1, 0.15) is 46.5 Å². The van der Waals surface area contributed by atoms with Crippen LogP contribution < -0.4 is 14.8 Å². The van der Waals surface area contributed by atoms with Gasteiger partial charge in [0.05, 0.1) is 23.8 Å². The van der Waals surface area contributed by atoms with Crippen molar-refractivity contribution in [1.82, 2.24) is 0 Å². The molecule has 0 aliphatic rings. The number of hydrogen-bond donors (Lipinski definition) is 1. The molecule has 0 radical (unpaired) electrons.